The summed E-state index contributed by atoms with van der Waals surface area (Å²) in [6.45, 7) is 4.91. The van der Waals surface area contributed by atoms with Crippen LogP contribution in [0, 0.1) is 0 Å². The van der Waals surface area contributed by atoms with E-state index < -0.39 is 0 Å². The number of likely N-dealkylation sites (N-methyl/N-ethyl adjacent to an activating group) is 1. The van der Waals surface area contributed by atoms with E-state index in [0.29, 0.717) is 13.2 Å². The minimum Gasteiger partial charge on any atom is -0.493 e. The summed E-state index contributed by atoms with van der Waals surface area (Å²) in [5.74, 6) is 3.23. The van der Waals surface area contributed by atoms with Crippen molar-refractivity contribution >= 4 is 29.9 Å². The minimum absolute atomic E-state index is 0. The molecule has 0 fully saturated rings. The number of para-hydroxylation sites is 1. The molecule has 1 N–H and O–H groups in total. The van der Waals surface area contributed by atoms with Gasteiger partial charge in [-0.25, -0.2) is 0 Å². The molecule has 0 aliphatic carbocycles. The lowest BCUT2D eigenvalue weighted by Gasteiger charge is -2.22. The highest BCUT2D eigenvalue weighted by Crippen LogP contribution is 2.27. The maximum Gasteiger partial charge on any atom is 0.193 e. The van der Waals surface area contributed by atoms with Gasteiger partial charge >= 0.3 is 0 Å². The number of guanidine groups is 1. The van der Waals surface area contributed by atoms with Crippen molar-refractivity contribution in [2.24, 2.45) is 4.99 Å². The van der Waals surface area contributed by atoms with Crippen LogP contribution in [0.1, 0.15) is 12.5 Å². The highest BCUT2D eigenvalue weighted by molar-refractivity contribution is 14.0. The van der Waals surface area contributed by atoms with Crippen LogP contribution in [0.5, 0.6) is 17.2 Å². The largest absolute Gasteiger partial charge is 0.493 e. The number of ether oxygens (including phenoxy) is 3. The first kappa shape index (κ1) is 24.9. The highest BCUT2D eigenvalue weighted by Gasteiger charge is 2.07. The number of aliphatic imine (C=N–C) groups is 1. The number of rotatable bonds is 10. The molecule has 0 aromatic heterocycles. The predicted molar refractivity (Wildman–Crippen MR) is 129 cm³/mol. The van der Waals surface area contributed by atoms with Crippen molar-refractivity contribution in [3.05, 3.63) is 54.1 Å². The standard InChI is InChI=1S/C22H31N3O3.HI/c1-5-23-22(25(2)15-16-28-19-9-7-6-8-10-19)24-14-13-18-11-12-20(26-3)21(17-18)27-4;/h6-12,17H,5,13-16H2,1-4H3,(H,23,24);1H. The quantitative estimate of drug-likeness (QED) is 0.297. The minimum atomic E-state index is 0. The third kappa shape index (κ3) is 8.39. The molecule has 0 aliphatic heterocycles. The number of hydrogen-bond donors (Lipinski definition) is 1. The lowest BCUT2D eigenvalue weighted by atomic mass is 10.1. The van der Waals surface area contributed by atoms with Crippen molar-refractivity contribution in [3.63, 3.8) is 0 Å². The Hall–Kier alpha value is -2.16. The van der Waals surface area contributed by atoms with E-state index in [1.165, 1.54) is 0 Å². The van der Waals surface area contributed by atoms with Crippen LogP contribution < -0.4 is 19.5 Å². The highest BCUT2D eigenvalue weighted by atomic mass is 127. The Labute approximate surface area is 191 Å². The molecule has 0 spiro atoms. The van der Waals surface area contributed by atoms with Gasteiger partial charge in [-0.3, -0.25) is 4.99 Å². The van der Waals surface area contributed by atoms with Crippen LogP contribution in [-0.4, -0.2) is 58.4 Å². The van der Waals surface area contributed by atoms with Gasteiger partial charge in [0.2, 0.25) is 0 Å². The first-order chi connectivity index (χ1) is 13.7. The van der Waals surface area contributed by atoms with Crippen LogP contribution in [0.2, 0.25) is 0 Å². The number of nitrogens with one attached hydrogen (secondary N) is 1. The van der Waals surface area contributed by atoms with Crippen LogP contribution in [0.25, 0.3) is 0 Å². The van der Waals surface area contributed by atoms with Crippen LogP contribution in [0.3, 0.4) is 0 Å². The molecule has 29 heavy (non-hydrogen) atoms. The summed E-state index contributed by atoms with van der Waals surface area (Å²) < 4.78 is 16.4. The van der Waals surface area contributed by atoms with E-state index in [9.17, 15) is 0 Å². The molecule has 0 amide bonds. The van der Waals surface area contributed by atoms with Gasteiger partial charge in [0.15, 0.2) is 17.5 Å². The predicted octanol–water partition coefficient (Wildman–Crippen LogP) is 3.84. The Kier molecular flexibility index (Phi) is 11.9. The second-order valence-electron chi connectivity index (χ2n) is 6.26. The molecule has 6 nitrogen and oxygen atoms in total. The van der Waals surface area contributed by atoms with E-state index >= 15 is 0 Å². The first-order valence-electron chi connectivity index (χ1n) is 9.56. The Morgan fingerprint density at radius 2 is 1.76 bits per heavy atom. The maximum atomic E-state index is 5.78. The molecule has 0 atom stereocenters. The molecule has 160 valence electrons. The fourth-order valence-corrected chi connectivity index (χ4v) is 2.72. The van der Waals surface area contributed by atoms with Crippen LogP contribution in [-0.2, 0) is 6.42 Å². The van der Waals surface area contributed by atoms with Crippen molar-refractivity contribution in [1.29, 1.82) is 0 Å². The molecule has 2 aromatic rings. The number of hydrogen-bond acceptors (Lipinski definition) is 4. The van der Waals surface area contributed by atoms with Gasteiger partial charge in [-0.2, -0.15) is 0 Å². The van der Waals surface area contributed by atoms with Gasteiger partial charge in [-0.15, -0.1) is 24.0 Å². The summed E-state index contributed by atoms with van der Waals surface area (Å²) in [4.78, 5) is 6.82. The van der Waals surface area contributed by atoms with Crippen molar-refractivity contribution in [2.45, 2.75) is 13.3 Å². The van der Waals surface area contributed by atoms with Gasteiger partial charge in [-0.05, 0) is 43.2 Å². The summed E-state index contributed by atoms with van der Waals surface area (Å²) in [7, 11) is 5.31. The van der Waals surface area contributed by atoms with Crippen molar-refractivity contribution < 1.29 is 14.2 Å². The van der Waals surface area contributed by atoms with E-state index in [0.717, 1.165) is 48.3 Å². The average molecular weight is 513 g/mol. The summed E-state index contributed by atoms with van der Waals surface area (Å²) in [6, 6.07) is 15.8. The average Bonchev–Trinajstić information content (AvgIpc) is 2.73. The van der Waals surface area contributed by atoms with E-state index in [-0.39, 0.29) is 24.0 Å². The lowest BCUT2D eigenvalue weighted by molar-refractivity contribution is 0.281. The maximum absolute atomic E-state index is 5.78. The fourth-order valence-electron chi connectivity index (χ4n) is 2.72. The third-order valence-corrected chi connectivity index (χ3v) is 4.25. The molecule has 0 radical (unpaired) electrons. The van der Waals surface area contributed by atoms with Gasteiger partial charge in [0.25, 0.3) is 0 Å². The summed E-state index contributed by atoms with van der Waals surface area (Å²) in [5, 5.41) is 3.33. The SMILES string of the molecule is CCNC(=NCCc1ccc(OC)c(OC)c1)N(C)CCOc1ccccc1.I. The number of benzene rings is 2. The van der Waals surface area contributed by atoms with Gasteiger partial charge < -0.3 is 24.4 Å². The van der Waals surface area contributed by atoms with Crippen LogP contribution in [0.4, 0.5) is 0 Å². The van der Waals surface area contributed by atoms with Crippen molar-refractivity contribution in [3.8, 4) is 17.2 Å². The molecule has 2 rings (SSSR count). The molecule has 0 heterocycles. The Morgan fingerprint density at radius 3 is 2.41 bits per heavy atom. The normalized spacial score (nSPS) is 10.7. The van der Waals surface area contributed by atoms with Gasteiger partial charge in [0, 0.05) is 20.1 Å². The molecule has 0 saturated heterocycles. The number of methoxy groups -OCH3 is 2. The molecule has 0 aliphatic rings. The molecule has 0 unspecified atom stereocenters. The van der Waals surface area contributed by atoms with E-state index in [1.54, 1.807) is 14.2 Å². The fraction of sp³-hybridized carbons (Fsp3) is 0.409. The molecular weight excluding hydrogens is 481 g/mol. The zero-order chi connectivity index (χ0) is 20.2. The Morgan fingerprint density at radius 1 is 1.03 bits per heavy atom. The number of nitrogens with zero attached hydrogens (tertiary/aromatic N) is 2. The van der Waals surface area contributed by atoms with Crippen LogP contribution in [0.15, 0.2) is 53.5 Å². The Bertz CT molecular complexity index is 741. The summed E-state index contributed by atoms with van der Waals surface area (Å²) in [6.07, 6.45) is 0.823. The summed E-state index contributed by atoms with van der Waals surface area (Å²) in [5.41, 5.74) is 1.16. The summed E-state index contributed by atoms with van der Waals surface area (Å²) >= 11 is 0. The van der Waals surface area contributed by atoms with Gasteiger partial charge in [-0.1, -0.05) is 24.3 Å². The molecular formula is C22H32IN3O3. The van der Waals surface area contributed by atoms with Gasteiger partial charge in [0.05, 0.1) is 20.8 Å². The Balaban J connectivity index is 0.00000420. The van der Waals surface area contributed by atoms with E-state index in [4.69, 9.17) is 19.2 Å². The van der Waals surface area contributed by atoms with E-state index in [1.807, 2.05) is 55.6 Å². The second kappa shape index (κ2) is 13.9. The van der Waals surface area contributed by atoms with E-state index in [2.05, 4.69) is 17.1 Å². The molecule has 7 heteroatoms. The molecule has 2 aromatic carbocycles. The second-order valence-corrected chi connectivity index (χ2v) is 6.26. The first-order valence-corrected chi connectivity index (χ1v) is 9.56. The van der Waals surface area contributed by atoms with Crippen molar-refractivity contribution in [1.82, 2.24) is 10.2 Å². The molecule has 0 saturated carbocycles. The monoisotopic (exact) mass is 513 g/mol. The van der Waals surface area contributed by atoms with Crippen molar-refractivity contribution in [2.75, 3.05) is 47.5 Å². The zero-order valence-electron chi connectivity index (χ0n) is 17.7. The van der Waals surface area contributed by atoms with Gasteiger partial charge in [0.1, 0.15) is 12.4 Å². The third-order valence-electron chi connectivity index (χ3n) is 4.25. The molecule has 0 bridgehead atoms. The van der Waals surface area contributed by atoms with Crippen LogP contribution >= 0.6 is 24.0 Å². The topological polar surface area (TPSA) is 55.3 Å². The smallest absolute Gasteiger partial charge is 0.193 e. The number of halogens is 1. The lowest BCUT2D eigenvalue weighted by Crippen LogP contribution is -2.41. The zero-order valence-corrected chi connectivity index (χ0v) is 20.0.